The fraction of sp³-hybridized carbons (Fsp3) is 0.143. The van der Waals surface area contributed by atoms with Crippen LogP contribution >= 0.6 is 31.9 Å². The van der Waals surface area contributed by atoms with Crippen LogP contribution in [-0.2, 0) is 0 Å². The second-order valence-corrected chi connectivity index (χ2v) is 3.90. The first kappa shape index (κ1) is 11.5. The lowest BCUT2D eigenvalue weighted by Crippen LogP contribution is -2.14. The number of nitrogens with two attached hydrogens (primary N) is 1. The quantitative estimate of drug-likeness (QED) is 0.848. The first-order valence-electron chi connectivity index (χ1n) is 3.37. The van der Waals surface area contributed by atoms with Gasteiger partial charge < -0.3 is 5.73 Å². The number of rotatable bonds is 2. The van der Waals surface area contributed by atoms with Crippen LogP contribution in [0.3, 0.4) is 0 Å². The third kappa shape index (κ3) is 2.09. The van der Waals surface area contributed by atoms with Crippen LogP contribution in [0.15, 0.2) is 15.3 Å². The molecule has 1 rings (SSSR count). The first-order valence-corrected chi connectivity index (χ1v) is 4.95. The highest BCUT2D eigenvalue weighted by molar-refractivity contribution is 9.11. The van der Waals surface area contributed by atoms with Gasteiger partial charge in [-0.25, -0.2) is 13.8 Å². The summed E-state index contributed by atoms with van der Waals surface area (Å²) in [5.41, 5.74) is 4.56. The minimum atomic E-state index is -2.71. The lowest BCUT2D eigenvalue weighted by atomic mass is 10.2. The van der Waals surface area contributed by atoms with Crippen molar-refractivity contribution >= 4 is 37.8 Å². The fourth-order valence-corrected chi connectivity index (χ4v) is 2.26. The Labute approximate surface area is 94.9 Å². The second kappa shape index (κ2) is 4.31. The van der Waals surface area contributed by atoms with Crippen molar-refractivity contribution in [2.75, 3.05) is 0 Å². The molecule has 1 aromatic rings. The number of pyridine rings is 1. The standard InChI is InChI=1S/C7H4Br2F2N2O/c8-4-2(6(10)11)1-13-5(9)3(4)7(12)14/h1,6H,(H2,12,14). The number of carbonyl (C=O) groups excluding carboxylic acids is 1. The molecule has 7 heteroatoms. The number of primary amides is 1. The average Bonchev–Trinajstić information content (AvgIpc) is 2.02. The minimum Gasteiger partial charge on any atom is -0.365 e. The number of hydrogen-bond acceptors (Lipinski definition) is 2. The number of carbonyl (C=O) groups is 1. The molecule has 0 saturated carbocycles. The van der Waals surface area contributed by atoms with Crippen molar-refractivity contribution < 1.29 is 13.6 Å². The molecule has 0 fully saturated rings. The van der Waals surface area contributed by atoms with E-state index >= 15 is 0 Å². The molecular weight excluding hydrogens is 326 g/mol. The Morgan fingerprint density at radius 3 is 2.50 bits per heavy atom. The van der Waals surface area contributed by atoms with Crippen molar-refractivity contribution in [2.24, 2.45) is 5.73 Å². The Balaban J connectivity index is 3.41. The summed E-state index contributed by atoms with van der Waals surface area (Å²) in [5, 5.41) is 0. The van der Waals surface area contributed by atoms with E-state index < -0.39 is 12.3 Å². The van der Waals surface area contributed by atoms with E-state index in [4.69, 9.17) is 5.73 Å². The molecule has 0 radical (unpaired) electrons. The monoisotopic (exact) mass is 328 g/mol. The Kier molecular flexibility index (Phi) is 3.54. The zero-order valence-corrected chi connectivity index (χ0v) is 9.77. The molecule has 76 valence electrons. The van der Waals surface area contributed by atoms with E-state index in [0.717, 1.165) is 6.20 Å². The lowest BCUT2D eigenvalue weighted by Gasteiger charge is -2.07. The predicted molar refractivity (Wildman–Crippen MR) is 53.1 cm³/mol. The van der Waals surface area contributed by atoms with E-state index in [1.165, 1.54) is 0 Å². The van der Waals surface area contributed by atoms with Gasteiger partial charge in [-0.1, -0.05) is 0 Å². The maximum absolute atomic E-state index is 12.4. The number of alkyl halides is 2. The van der Waals surface area contributed by atoms with E-state index in [9.17, 15) is 13.6 Å². The molecule has 2 N–H and O–H groups in total. The van der Waals surface area contributed by atoms with Gasteiger partial charge in [-0.3, -0.25) is 4.79 Å². The van der Waals surface area contributed by atoms with Crippen LogP contribution in [0, 0.1) is 0 Å². The Morgan fingerprint density at radius 1 is 1.50 bits per heavy atom. The van der Waals surface area contributed by atoms with Crippen molar-refractivity contribution in [3.63, 3.8) is 0 Å². The predicted octanol–water partition coefficient (Wildman–Crippen LogP) is 2.64. The highest BCUT2D eigenvalue weighted by Crippen LogP contribution is 2.32. The Bertz CT molecular complexity index is 384. The van der Waals surface area contributed by atoms with Crippen molar-refractivity contribution in [2.45, 2.75) is 6.43 Å². The second-order valence-electron chi connectivity index (χ2n) is 2.36. The van der Waals surface area contributed by atoms with Gasteiger partial charge >= 0.3 is 0 Å². The van der Waals surface area contributed by atoms with Gasteiger partial charge in [0.2, 0.25) is 0 Å². The summed E-state index contributed by atoms with van der Waals surface area (Å²) >= 11 is 5.83. The van der Waals surface area contributed by atoms with E-state index in [1.807, 2.05) is 0 Å². The molecule has 14 heavy (non-hydrogen) atoms. The number of nitrogens with zero attached hydrogens (tertiary/aromatic N) is 1. The summed E-state index contributed by atoms with van der Waals surface area (Å²) in [6.45, 7) is 0. The molecule has 1 heterocycles. The Hall–Kier alpha value is -0.560. The fourth-order valence-electron chi connectivity index (χ4n) is 0.844. The van der Waals surface area contributed by atoms with Gasteiger partial charge in [-0.15, -0.1) is 0 Å². The molecule has 1 amide bonds. The van der Waals surface area contributed by atoms with Crippen LogP contribution in [0.2, 0.25) is 0 Å². The maximum atomic E-state index is 12.4. The molecule has 0 aliphatic rings. The van der Waals surface area contributed by atoms with E-state index in [0.29, 0.717) is 0 Å². The molecular formula is C7H4Br2F2N2O. The maximum Gasteiger partial charge on any atom is 0.266 e. The molecule has 1 aromatic heterocycles. The molecule has 0 aromatic carbocycles. The number of aromatic nitrogens is 1. The van der Waals surface area contributed by atoms with Gasteiger partial charge in [0.25, 0.3) is 12.3 Å². The minimum absolute atomic E-state index is 0.0260. The summed E-state index contributed by atoms with van der Waals surface area (Å²) in [6.07, 6.45) is -1.73. The highest BCUT2D eigenvalue weighted by Gasteiger charge is 2.20. The number of amides is 1. The zero-order chi connectivity index (χ0) is 10.9. The number of hydrogen-bond donors (Lipinski definition) is 1. The first-order chi connectivity index (χ1) is 6.45. The molecule has 0 atom stereocenters. The Morgan fingerprint density at radius 2 is 2.07 bits per heavy atom. The summed E-state index contributed by atoms with van der Waals surface area (Å²) in [6, 6.07) is 0. The van der Waals surface area contributed by atoms with Crippen LogP contribution in [0.5, 0.6) is 0 Å². The largest absolute Gasteiger partial charge is 0.365 e. The van der Waals surface area contributed by atoms with Gasteiger partial charge in [-0.2, -0.15) is 0 Å². The summed E-state index contributed by atoms with van der Waals surface area (Å²) in [7, 11) is 0. The van der Waals surface area contributed by atoms with Crippen LogP contribution in [-0.4, -0.2) is 10.9 Å². The smallest absolute Gasteiger partial charge is 0.266 e. The summed E-state index contributed by atoms with van der Waals surface area (Å²) in [5.74, 6) is -0.821. The summed E-state index contributed by atoms with van der Waals surface area (Å²) in [4.78, 5) is 14.5. The van der Waals surface area contributed by atoms with E-state index in [-0.39, 0.29) is 20.2 Å². The van der Waals surface area contributed by atoms with Crippen LogP contribution < -0.4 is 5.73 Å². The number of halogens is 4. The van der Waals surface area contributed by atoms with Gasteiger partial charge in [0.05, 0.1) is 11.1 Å². The van der Waals surface area contributed by atoms with Crippen molar-refractivity contribution in [1.29, 1.82) is 0 Å². The molecule has 0 saturated heterocycles. The SMILES string of the molecule is NC(=O)c1c(Br)ncc(C(F)F)c1Br. The van der Waals surface area contributed by atoms with Gasteiger partial charge in [0.15, 0.2) is 0 Å². The van der Waals surface area contributed by atoms with Gasteiger partial charge in [0, 0.05) is 10.7 Å². The molecule has 0 unspecified atom stereocenters. The van der Waals surface area contributed by atoms with Crippen molar-refractivity contribution in [3.8, 4) is 0 Å². The third-order valence-corrected chi connectivity index (χ3v) is 2.93. The van der Waals surface area contributed by atoms with E-state index in [1.54, 1.807) is 0 Å². The normalized spacial score (nSPS) is 10.6. The van der Waals surface area contributed by atoms with Crippen LogP contribution in [0.4, 0.5) is 8.78 Å². The van der Waals surface area contributed by atoms with Crippen LogP contribution in [0.25, 0.3) is 0 Å². The molecule has 0 bridgehead atoms. The van der Waals surface area contributed by atoms with Gasteiger partial charge in [0.1, 0.15) is 4.60 Å². The molecule has 3 nitrogen and oxygen atoms in total. The zero-order valence-electron chi connectivity index (χ0n) is 6.60. The molecule has 0 aliphatic carbocycles. The lowest BCUT2D eigenvalue weighted by molar-refractivity contribution is 0.0997. The average molecular weight is 330 g/mol. The topological polar surface area (TPSA) is 56.0 Å². The van der Waals surface area contributed by atoms with E-state index in [2.05, 4.69) is 36.8 Å². The molecule has 0 aliphatic heterocycles. The van der Waals surface area contributed by atoms with Crippen molar-refractivity contribution in [3.05, 3.63) is 26.4 Å². The van der Waals surface area contributed by atoms with Crippen LogP contribution in [0.1, 0.15) is 22.3 Å². The van der Waals surface area contributed by atoms with Gasteiger partial charge in [-0.05, 0) is 31.9 Å². The summed E-state index contributed by atoms with van der Waals surface area (Å²) < 4.78 is 24.8. The van der Waals surface area contributed by atoms with Crippen molar-refractivity contribution in [1.82, 2.24) is 4.98 Å². The highest BCUT2D eigenvalue weighted by atomic mass is 79.9. The molecule has 0 spiro atoms. The third-order valence-electron chi connectivity index (χ3n) is 1.48.